The molecule has 2 heterocycles. The van der Waals surface area contributed by atoms with Crippen molar-refractivity contribution in [1.29, 1.82) is 0 Å². The second-order valence-corrected chi connectivity index (χ2v) is 10.3. The minimum Gasteiger partial charge on any atom is -0.382 e. The van der Waals surface area contributed by atoms with Gasteiger partial charge < -0.3 is 26.7 Å². The molecule has 2 aromatic heterocycles. The van der Waals surface area contributed by atoms with Gasteiger partial charge in [-0.25, -0.2) is 4.98 Å². The van der Waals surface area contributed by atoms with Gasteiger partial charge >= 0.3 is 0 Å². The monoisotopic (exact) mass is 492 g/mol. The van der Waals surface area contributed by atoms with Crippen LogP contribution in [0.1, 0.15) is 63.2 Å². The summed E-state index contributed by atoms with van der Waals surface area (Å²) in [6.07, 6.45) is 8.41. The van der Waals surface area contributed by atoms with Gasteiger partial charge in [0.2, 0.25) is 11.8 Å². The molecule has 0 bridgehead atoms. The van der Waals surface area contributed by atoms with Gasteiger partial charge in [0.25, 0.3) is 0 Å². The molecule has 1 aromatic carbocycles. The van der Waals surface area contributed by atoms with E-state index in [0.717, 1.165) is 60.7 Å². The molecular weight excluding hydrogens is 456 g/mol. The van der Waals surface area contributed by atoms with Crippen LogP contribution in [0.25, 0.3) is 22.2 Å². The maximum atomic E-state index is 13.2. The lowest BCUT2D eigenvalue weighted by atomic mass is 9.81. The summed E-state index contributed by atoms with van der Waals surface area (Å²) in [5.74, 6) is 1.74. The molecule has 2 aliphatic rings. The van der Waals surface area contributed by atoms with E-state index in [0.29, 0.717) is 43.0 Å². The van der Waals surface area contributed by atoms with Gasteiger partial charge in [0.1, 0.15) is 5.82 Å². The van der Waals surface area contributed by atoms with Crippen molar-refractivity contribution >= 4 is 28.5 Å². The highest BCUT2D eigenvalue weighted by Gasteiger charge is 2.31. The van der Waals surface area contributed by atoms with E-state index in [9.17, 15) is 9.59 Å². The van der Waals surface area contributed by atoms with Gasteiger partial charge in [-0.05, 0) is 69.5 Å². The number of aromatic nitrogens is 4. The average Bonchev–Trinajstić information content (AvgIpc) is 3.52. The average molecular weight is 493 g/mol. The number of carbonyl (C=O) groups is 2. The van der Waals surface area contributed by atoms with Crippen molar-refractivity contribution in [2.24, 2.45) is 17.6 Å². The largest absolute Gasteiger partial charge is 0.382 e. The fourth-order valence-electron chi connectivity index (χ4n) is 5.21. The first kappa shape index (κ1) is 24.3. The number of H-pyrrole nitrogens is 2. The molecule has 0 radical (unpaired) electrons. The Bertz CT molecular complexity index is 1220. The van der Waals surface area contributed by atoms with E-state index in [1.54, 1.807) is 6.20 Å². The van der Waals surface area contributed by atoms with Crippen LogP contribution in [0, 0.1) is 11.8 Å². The molecule has 2 aliphatic carbocycles. The molecule has 36 heavy (non-hydrogen) atoms. The summed E-state index contributed by atoms with van der Waals surface area (Å²) in [5, 5.41) is 11.1. The summed E-state index contributed by atoms with van der Waals surface area (Å²) in [4.78, 5) is 35.7. The van der Waals surface area contributed by atoms with Gasteiger partial charge in [0, 0.05) is 36.4 Å². The number of carbonyl (C=O) groups excluding carboxylic acids is 2. The molecule has 10 heteroatoms. The second-order valence-electron chi connectivity index (χ2n) is 10.3. The number of nitrogens with one attached hydrogen (secondary N) is 3. The summed E-state index contributed by atoms with van der Waals surface area (Å²) in [6, 6.07) is 5.84. The van der Waals surface area contributed by atoms with Gasteiger partial charge in [-0.3, -0.25) is 14.7 Å². The van der Waals surface area contributed by atoms with Crippen LogP contribution in [0.5, 0.6) is 0 Å². The maximum Gasteiger partial charge on any atom is 0.223 e. The lowest BCUT2D eigenvalue weighted by Crippen LogP contribution is -2.37. The Labute approximate surface area is 210 Å². The molecule has 5 rings (SSSR count). The van der Waals surface area contributed by atoms with Crippen molar-refractivity contribution in [2.75, 3.05) is 19.3 Å². The van der Waals surface area contributed by atoms with Crippen LogP contribution in [0.3, 0.4) is 0 Å². The van der Waals surface area contributed by atoms with Gasteiger partial charge in [-0.15, -0.1) is 0 Å². The first-order valence-electron chi connectivity index (χ1n) is 13.0. The molecule has 0 aliphatic heterocycles. The van der Waals surface area contributed by atoms with Crippen molar-refractivity contribution < 1.29 is 9.59 Å². The Kier molecular flexibility index (Phi) is 6.95. The van der Waals surface area contributed by atoms with E-state index in [4.69, 9.17) is 11.5 Å². The molecule has 2 fully saturated rings. The SMILES string of the molecule is CN(C(=O)CC[C@H](NC(=O)[C@H]1CC[C@H](CN)CC1)c1ncc(-c2ccc3c(N)n[nH]c3c2)[nH]1)C1CC1. The van der Waals surface area contributed by atoms with E-state index in [1.807, 2.05) is 30.1 Å². The minimum absolute atomic E-state index is 0.0252. The first-order valence-corrected chi connectivity index (χ1v) is 13.0. The molecule has 0 spiro atoms. The van der Waals surface area contributed by atoms with Gasteiger partial charge in [0.15, 0.2) is 5.82 Å². The summed E-state index contributed by atoms with van der Waals surface area (Å²) < 4.78 is 0. The third-order valence-electron chi connectivity index (χ3n) is 7.83. The number of benzene rings is 1. The molecule has 192 valence electrons. The number of imidazole rings is 1. The van der Waals surface area contributed by atoms with Crippen LogP contribution in [-0.4, -0.2) is 56.5 Å². The highest BCUT2D eigenvalue weighted by atomic mass is 16.2. The Morgan fingerprint density at radius 3 is 2.69 bits per heavy atom. The molecule has 0 saturated heterocycles. The number of hydrogen-bond donors (Lipinski definition) is 5. The summed E-state index contributed by atoms with van der Waals surface area (Å²) >= 11 is 0. The van der Waals surface area contributed by atoms with E-state index >= 15 is 0 Å². The third kappa shape index (κ3) is 5.23. The predicted octanol–water partition coefficient (Wildman–Crippen LogP) is 2.86. The summed E-state index contributed by atoms with van der Waals surface area (Å²) in [6.45, 7) is 0.680. The minimum atomic E-state index is -0.374. The lowest BCUT2D eigenvalue weighted by molar-refractivity contribution is -0.131. The number of nitrogens with two attached hydrogens (primary N) is 2. The number of rotatable bonds is 9. The fraction of sp³-hybridized carbons (Fsp3) is 0.538. The van der Waals surface area contributed by atoms with Crippen molar-refractivity contribution in [3.63, 3.8) is 0 Å². The number of nitrogen functional groups attached to an aromatic ring is 1. The Morgan fingerprint density at radius 2 is 1.97 bits per heavy atom. The number of nitrogens with zero attached hydrogens (tertiary/aromatic N) is 3. The van der Waals surface area contributed by atoms with E-state index in [-0.39, 0.29) is 23.8 Å². The standard InChI is InChI=1S/C26H36N8O2/c1-34(18-7-8-18)23(35)11-10-20(31-26(36)16-4-2-15(13-27)3-5-16)25-29-14-22(30-25)17-6-9-19-21(12-17)32-33-24(19)28/h6,9,12,14-16,18,20H,2-5,7-8,10-11,13,27H2,1H3,(H,29,30)(H,31,36)(H3,28,32,33)/t15-,16-,20-/m0/s1. The quantitative estimate of drug-likeness (QED) is 0.309. The predicted molar refractivity (Wildman–Crippen MR) is 138 cm³/mol. The Hall–Kier alpha value is -3.40. The number of hydrogen-bond acceptors (Lipinski definition) is 6. The maximum absolute atomic E-state index is 13.2. The lowest BCUT2D eigenvalue weighted by Gasteiger charge is -2.28. The highest BCUT2D eigenvalue weighted by Crippen LogP contribution is 2.31. The van der Waals surface area contributed by atoms with Crippen LogP contribution < -0.4 is 16.8 Å². The van der Waals surface area contributed by atoms with Crippen molar-refractivity contribution in [2.45, 2.75) is 63.5 Å². The van der Waals surface area contributed by atoms with Crippen LogP contribution in [0.2, 0.25) is 0 Å². The highest BCUT2D eigenvalue weighted by molar-refractivity contribution is 5.91. The van der Waals surface area contributed by atoms with E-state index in [1.165, 1.54) is 0 Å². The molecule has 2 amide bonds. The summed E-state index contributed by atoms with van der Waals surface area (Å²) in [5.41, 5.74) is 14.3. The molecule has 10 nitrogen and oxygen atoms in total. The van der Waals surface area contributed by atoms with Crippen LogP contribution in [0.4, 0.5) is 5.82 Å². The van der Waals surface area contributed by atoms with Crippen molar-refractivity contribution in [3.05, 3.63) is 30.2 Å². The zero-order valence-corrected chi connectivity index (χ0v) is 20.8. The third-order valence-corrected chi connectivity index (χ3v) is 7.83. The van der Waals surface area contributed by atoms with Gasteiger partial charge in [-0.1, -0.05) is 6.07 Å². The molecule has 1 atom stereocenters. The normalized spacial score (nSPS) is 20.8. The molecular formula is C26H36N8O2. The van der Waals surface area contributed by atoms with Crippen LogP contribution >= 0.6 is 0 Å². The fourth-order valence-corrected chi connectivity index (χ4v) is 5.21. The molecule has 7 N–H and O–H groups in total. The zero-order chi connectivity index (χ0) is 25.2. The van der Waals surface area contributed by atoms with Crippen molar-refractivity contribution in [3.8, 4) is 11.3 Å². The Balaban J connectivity index is 1.32. The number of aromatic amines is 2. The van der Waals surface area contributed by atoms with Crippen LogP contribution in [-0.2, 0) is 9.59 Å². The van der Waals surface area contributed by atoms with E-state index in [2.05, 4.69) is 25.5 Å². The van der Waals surface area contributed by atoms with Gasteiger partial charge in [0.05, 0.1) is 23.4 Å². The Morgan fingerprint density at radius 1 is 1.19 bits per heavy atom. The first-order chi connectivity index (χ1) is 17.4. The molecule has 0 unspecified atom stereocenters. The van der Waals surface area contributed by atoms with Gasteiger partial charge in [-0.2, -0.15) is 5.10 Å². The molecule has 2 saturated carbocycles. The zero-order valence-electron chi connectivity index (χ0n) is 20.8. The second kappa shape index (κ2) is 10.3. The molecule has 3 aromatic rings. The number of anilines is 1. The van der Waals surface area contributed by atoms with Crippen molar-refractivity contribution in [1.82, 2.24) is 30.4 Å². The number of fused-ring (bicyclic) bond motifs is 1. The topological polar surface area (TPSA) is 159 Å². The smallest absolute Gasteiger partial charge is 0.223 e. The number of amides is 2. The van der Waals surface area contributed by atoms with E-state index < -0.39 is 0 Å². The van der Waals surface area contributed by atoms with Crippen LogP contribution in [0.15, 0.2) is 24.4 Å². The summed E-state index contributed by atoms with van der Waals surface area (Å²) in [7, 11) is 1.87.